The normalized spacial score (nSPS) is 20.3. The van der Waals surface area contributed by atoms with Crippen LogP contribution in [0.2, 0.25) is 0 Å². The molecule has 0 radical (unpaired) electrons. The van der Waals surface area contributed by atoms with Gasteiger partial charge in [-0.15, -0.1) is 0 Å². The van der Waals surface area contributed by atoms with Crippen molar-refractivity contribution in [1.29, 1.82) is 0 Å². The van der Waals surface area contributed by atoms with Crippen molar-refractivity contribution in [3.8, 4) is 0 Å². The van der Waals surface area contributed by atoms with Gasteiger partial charge in [0.2, 0.25) is 0 Å². The van der Waals surface area contributed by atoms with Gasteiger partial charge in [0.15, 0.2) is 0 Å². The average molecular weight is 294 g/mol. The smallest absolute Gasteiger partial charge is 0.306 e. The number of nitrogens with one attached hydrogen (secondary N) is 1. The van der Waals surface area contributed by atoms with Crippen LogP contribution in [0.3, 0.4) is 0 Å². The summed E-state index contributed by atoms with van der Waals surface area (Å²) in [5, 5.41) is 18.3. The van der Waals surface area contributed by atoms with E-state index in [0.717, 1.165) is 6.42 Å². The highest BCUT2D eigenvalue weighted by molar-refractivity contribution is 7.87. The number of aliphatic hydroxyl groups is 1. The molecule has 3 N–H and O–H groups in total. The molecule has 1 atom stereocenters. The average Bonchev–Trinajstić information content (AvgIpc) is 2.37. The molecule has 7 nitrogen and oxygen atoms in total. The molecule has 1 heterocycles. The van der Waals surface area contributed by atoms with Crippen LogP contribution >= 0.6 is 0 Å². The number of hydrogen-bond acceptors (Lipinski definition) is 4. The summed E-state index contributed by atoms with van der Waals surface area (Å²) in [5.74, 6) is -1.33. The molecule has 0 aliphatic carbocycles. The van der Waals surface area contributed by atoms with E-state index >= 15 is 0 Å². The quantitative estimate of drug-likeness (QED) is 0.601. The largest absolute Gasteiger partial charge is 0.481 e. The monoisotopic (exact) mass is 294 g/mol. The number of aliphatic hydroxyl groups excluding tert-OH is 1. The minimum atomic E-state index is -3.62. The van der Waals surface area contributed by atoms with E-state index in [1.54, 1.807) is 0 Å². The van der Waals surface area contributed by atoms with Crippen LogP contribution in [0.1, 0.15) is 32.6 Å². The van der Waals surface area contributed by atoms with Gasteiger partial charge < -0.3 is 10.2 Å². The second kappa shape index (κ2) is 7.18. The summed E-state index contributed by atoms with van der Waals surface area (Å²) in [4.78, 5) is 10.8. The van der Waals surface area contributed by atoms with Crippen molar-refractivity contribution in [3.63, 3.8) is 0 Å². The molecule has 0 spiro atoms. The number of carboxylic acid groups (broad SMARTS) is 1. The molecule has 0 saturated carbocycles. The highest BCUT2D eigenvalue weighted by Crippen LogP contribution is 2.19. The summed E-state index contributed by atoms with van der Waals surface area (Å²) in [7, 11) is -3.62. The van der Waals surface area contributed by atoms with Gasteiger partial charge in [0.25, 0.3) is 10.2 Å². The molecule has 19 heavy (non-hydrogen) atoms. The van der Waals surface area contributed by atoms with Crippen LogP contribution < -0.4 is 4.72 Å². The van der Waals surface area contributed by atoms with Crippen molar-refractivity contribution in [2.24, 2.45) is 5.92 Å². The minimum absolute atomic E-state index is 0.00493. The Labute approximate surface area is 113 Å². The Hall–Kier alpha value is -0.700. The van der Waals surface area contributed by atoms with Gasteiger partial charge in [0.05, 0.1) is 12.0 Å². The Balaban J connectivity index is 2.44. The Morgan fingerprint density at radius 2 is 2.00 bits per heavy atom. The lowest BCUT2D eigenvalue weighted by Gasteiger charge is -2.29. The predicted molar refractivity (Wildman–Crippen MR) is 69.8 cm³/mol. The van der Waals surface area contributed by atoms with Crippen LogP contribution in [0, 0.1) is 5.92 Å². The van der Waals surface area contributed by atoms with Crippen molar-refractivity contribution >= 4 is 16.2 Å². The van der Waals surface area contributed by atoms with Crippen LogP contribution in [0.25, 0.3) is 0 Å². The second-order valence-electron chi connectivity index (χ2n) is 4.81. The molecule has 0 bridgehead atoms. The Morgan fingerprint density at radius 1 is 1.42 bits per heavy atom. The molecule has 1 saturated heterocycles. The van der Waals surface area contributed by atoms with E-state index in [9.17, 15) is 18.3 Å². The van der Waals surface area contributed by atoms with Gasteiger partial charge in [-0.05, 0) is 19.3 Å². The highest BCUT2D eigenvalue weighted by atomic mass is 32.2. The highest BCUT2D eigenvalue weighted by Gasteiger charge is 2.30. The van der Waals surface area contributed by atoms with Crippen molar-refractivity contribution < 1.29 is 23.4 Å². The molecule has 0 aromatic heterocycles. The molecule has 0 aromatic rings. The first kappa shape index (κ1) is 16.4. The first-order chi connectivity index (χ1) is 8.86. The molecular formula is C11H22N2O5S. The lowest BCUT2D eigenvalue weighted by Crippen LogP contribution is -2.47. The third-order valence-corrected chi connectivity index (χ3v) is 4.84. The second-order valence-corrected chi connectivity index (χ2v) is 6.56. The zero-order valence-electron chi connectivity index (χ0n) is 11.1. The van der Waals surface area contributed by atoms with Crippen molar-refractivity contribution in [1.82, 2.24) is 9.03 Å². The molecule has 0 aromatic carbocycles. The van der Waals surface area contributed by atoms with Gasteiger partial charge >= 0.3 is 5.97 Å². The summed E-state index contributed by atoms with van der Waals surface area (Å²) in [6.45, 7) is 2.32. The first-order valence-corrected chi connectivity index (χ1v) is 7.96. The lowest BCUT2D eigenvalue weighted by molar-refractivity contribution is -0.142. The number of carboxylic acids is 1. The van der Waals surface area contributed by atoms with Crippen LogP contribution in [0.4, 0.5) is 0 Å². The molecule has 1 fully saturated rings. The van der Waals surface area contributed by atoms with Gasteiger partial charge in [-0.25, -0.2) is 0 Å². The molecule has 1 rings (SSSR count). The number of rotatable bonds is 7. The fourth-order valence-corrected chi connectivity index (χ4v) is 3.35. The molecule has 1 aliphatic heterocycles. The van der Waals surface area contributed by atoms with Crippen LogP contribution in [0.5, 0.6) is 0 Å². The number of carbonyl (C=O) groups is 1. The molecule has 1 aliphatic rings. The SMILES string of the molecule is CCCC(O)CNS(=O)(=O)N1CCC(C(=O)O)CC1. The molecular weight excluding hydrogens is 272 g/mol. The standard InChI is InChI=1S/C11H22N2O5S/c1-2-3-10(14)8-12-19(17,18)13-6-4-9(5-7-13)11(15)16/h9-10,12,14H,2-8H2,1H3,(H,15,16). The Kier molecular flexibility index (Phi) is 6.18. The zero-order valence-corrected chi connectivity index (χ0v) is 11.9. The Morgan fingerprint density at radius 3 is 2.47 bits per heavy atom. The lowest BCUT2D eigenvalue weighted by atomic mass is 9.99. The summed E-state index contributed by atoms with van der Waals surface area (Å²) in [6, 6.07) is 0. The minimum Gasteiger partial charge on any atom is -0.481 e. The Bertz CT molecular complexity index is 390. The van der Waals surface area contributed by atoms with Crippen LogP contribution in [0.15, 0.2) is 0 Å². The summed E-state index contributed by atoms with van der Waals surface area (Å²) in [5.41, 5.74) is 0. The van der Waals surface area contributed by atoms with Crippen LogP contribution in [-0.4, -0.2) is 54.6 Å². The third kappa shape index (κ3) is 5.06. The van der Waals surface area contributed by atoms with Gasteiger partial charge in [-0.2, -0.15) is 17.4 Å². The van der Waals surface area contributed by atoms with E-state index in [1.165, 1.54) is 4.31 Å². The van der Waals surface area contributed by atoms with Gasteiger partial charge in [-0.3, -0.25) is 4.79 Å². The molecule has 0 amide bonds. The maximum atomic E-state index is 11.9. The van der Waals surface area contributed by atoms with E-state index in [1.807, 2.05) is 6.92 Å². The number of hydrogen-bond donors (Lipinski definition) is 3. The van der Waals surface area contributed by atoms with Crippen LogP contribution in [-0.2, 0) is 15.0 Å². The maximum Gasteiger partial charge on any atom is 0.306 e. The van der Waals surface area contributed by atoms with Crippen molar-refractivity contribution in [2.75, 3.05) is 19.6 Å². The third-order valence-electron chi connectivity index (χ3n) is 3.27. The first-order valence-electron chi connectivity index (χ1n) is 6.52. The number of aliphatic carboxylic acids is 1. The maximum absolute atomic E-state index is 11.9. The van der Waals surface area contributed by atoms with E-state index in [0.29, 0.717) is 19.3 Å². The van der Waals surface area contributed by atoms with E-state index in [-0.39, 0.29) is 19.6 Å². The van der Waals surface area contributed by atoms with Crippen molar-refractivity contribution in [3.05, 3.63) is 0 Å². The number of nitrogens with zero attached hydrogens (tertiary/aromatic N) is 1. The molecule has 1 unspecified atom stereocenters. The van der Waals surface area contributed by atoms with E-state index in [4.69, 9.17) is 5.11 Å². The van der Waals surface area contributed by atoms with E-state index < -0.39 is 28.2 Å². The van der Waals surface area contributed by atoms with Gasteiger partial charge in [0.1, 0.15) is 0 Å². The van der Waals surface area contributed by atoms with Crippen molar-refractivity contribution in [2.45, 2.75) is 38.7 Å². The van der Waals surface area contributed by atoms with Gasteiger partial charge in [-0.1, -0.05) is 13.3 Å². The molecule has 112 valence electrons. The summed E-state index contributed by atoms with van der Waals surface area (Å²) in [6.07, 6.45) is 1.30. The summed E-state index contributed by atoms with van der Waals surface area (Å²) >= 11 is 0. The summed E-state index contributed by atoms with van der Waals surface area (Å²) < 4.78 is 27.5. The van der Waals surface area contributed by atoms with Gasteiger partial charge in [0, 0.05) is 19.6 Å². The fraction of sp³-hybridized carbons (Fsp3) is 0.909. The van der Waals surface area contributed by atoms with E-state index in [2.05, 4.69) is 4.72 Å². The topological polar surface area (TPSA) is 107 Å². The number of piperidine rings is 1. The fourth-order valence-electron chi connectivity index (χ4n) is 2.07. The molecule has 8 heteroatoms. The zero-order chi connectivity index (χ0) is 14.5. The predicted octanol–water partition coefficient (Wildman–Crippen LogP) is -0.222.